The molecule has 0 spiro atoms. The zero-order valence-electron chi connectivity index (χ0n) is 15.4. The average molecular weight is 410 g/mol. The predicted octanol–water partition coefficient (Wildman–Crippen LogP) is 3.81. The fraction of sp³-hybridized carbons (Fsp3) is 0.200. The van der Waals surface area contributed by atoms with Gasteiger partial charge in [0.25, 0.3) is 11.6 Å². The topological polar surface area (TPSA) is 97.6 Å². The lowest BCUT2D eigenvalue weighted by molar-refractivity contribution is -0.384. The largest absolute Gasteiger partial charge is 0.378 e. The lowest BCUT2D eigenvalue weighted by Gasteiger charge is -2.26. The van der Waals surface area contributed by atoms with Gasteiger partial charge in [-0.1, -0.05) is 18.2 Å². The first-order chi connectivity index (χ1) is 14.1. The summed E-state index contributed by atoms with van der Waals surface area (Å²) in [5.41, 5.74) is 2.56. The average Bonchev–Trinajstić information content (AvgIpc) is 3.25. The van der Waals surface area contributed by atoms with E-state index in [4.69, 9.17) is 9.72 Å². The number of nitrogens with zero attached hydrogens (tertiary/aromatic N) is 3. The minimum atomic E-state index is -0.523. The van der Waals surface area contributed by atoms with Gasteiger partial charge in [-0.15, -0.1) is 11.3 Å². The summed E-state index contributed by atoms with van der Waals surface area (Å²) in [5.74, 6) is -0.398. The second kappa shape index (κ2) is 8.38. The van der Waals surface area contributed by atoms with Gasteiger partial charge in [0, 0.05) is 47.4 Å². The first-order valence-corrected chi connectivity index (χ1v) is 9.92. The van der Waals surface area contributed by atoms with Crippen LogP contribution in [-0.4, -0.2) is 42.1 Å². The molecule has 1 aromatic heterocycles. The molecule has 1 N–H and O–H groups in total. The van der Waals surface area contributed by atoms with E-state index >= 15 is 0 Å². The number of amides is 1. The molecule has 1 amide bonds. The zero-order chi connectivity index (χ0) is 20.2. The Kier molecular flexibility index (Phi) is 5.50. The zero-order valence-corrected chi connectivity index (χ0v) is 16.2. The van der Waals surface area contributed by atoms with E-state index in [1.54, 1.807) is 29.5 Å². The van der Waals surface area contributed by atoms with E-state index in [-0.39, 0.29) is 11.3 Å². The number of morpholine rings is 1. The number of ether oxygens (including phenoxy) is 1. The van der Waals surface area contributed by atoms with Gasteiger partial charge in [-0.3, -0.25) is 14.9 Å². The van der Waals surface area contributed by atoms with Crippen molar-refractivity contribution >= 4 is 33.8 Å². The van der Waals surface area contributed by atoms with Crippen molar-refractivity contribution in [3.63, 3.8) is 0 Å². The molecule has 9 heteroatoms. The molecule has 0 radical (unpaired) electrons. The van der Waals surface area contributed by atoms with Crippen LogP contribution in [0.25, 0.3) is 11.3 Å². The summed E-state index contributed by atoms with van der Waals surface area (Å²) in [4.78, 5) is 29.6. The first kappa shape index (κ1) is 19.0. The Morgan fingerprint density at radius 3 is 2.66 bits per heavy atom. The molecular weight excluding hydrogens is 392 g/mol. The minimum absolute atomic E-state index is 0.118. The number of non-ortho nitro benzene ring substituents is 1. The molecule has 0 unspecified atom stereocenters. The van der Waals surface area contributed by atoms with Crippen LogP contribution >= 0.6 is 11.3 Å². The summed E-state index contributed by atoms with van der Waals surface area (Å²) in [6.07, 6.45) is 0. The molecule has 0 bridgehead atoms. The molecule has 1 fully saturated rings. The summed E-state index contributed by atoms with van der Waals surface area (Å²) >= 11 is 1.60. The van der Waals surface area contributed by atoms with Crippen molar-refractivity contribution < 1.29 is 14.5 Å². The molecule has 2 heterocycles. The number of benzene rings is 2. The summed E-state index contributed by atoms with van der Waals surface area (Å²) in [7, 11) is 0. The first-order valence-electron chi connectivity index (χ1n) is 9.04. The molecule has 1 aliphatic heterocycles. The molecule has 1 saturated heterocycles. The number of hydrogen-bond donors (Lipinski definition) is 1. The number of anilines is 2. The highest BCUT2D eigenvalue weighted by Crippen LogP contribution is 2.28. The van der Waals surface area contributed by atoms with Crippen LogP contribution in [0.15, 0.2) is 53.9 Å². The van der Waals surface area contributed by atoms with E-state index < -0.39 is 10.8 Å². The van der Waals surface area contributed by atoms with E-state index in [0.717, 1.165) is 29.5 Å². The molecule has 8 nitrogen and oxygen atoms in total. The van der Waals surface area contributed by atoms with Crippen molar-refractivity contribution in [2.45, 2.75) is 0 Å². The van der Waals surface area contributed by atoms with E-state index in [1.165, 1.54) is 18.2 Å². The Labute approximate surface area is 170 Å². The summed E-state index contributed by atoms with van der Waals surface area (Å²) < 4.78 is 5.37. The molecule has 148 valence electrons. The van der Waals surface area contributed by atoms with Crippen molar-refractivity contribution in [2.24, 2.45) is 0 Å². The summed E-state index contributed by atoms with van der Waals surface area (Å²) in [6.45, 7) is 3.12. The molecular formula is C20H18N4O4S. The van der Waals surface area contributed by atoms with Crippen LogP contribution in [0.4, 0.5) is 16.5 Å². The predicted molar refractivity (Wildman–Crippen MR) is 112 cm³/mol. The Morgan fingerprint density at radius 2 is 1.93 bits per heavy atom. The molecule has 2 aromatic carbocycles. The van der Waals surface area contributed by atoms with E-state index in [2.05, 4.69) is 10.2 Å². The third-order valence-electron chi connectivity index (χ3n) is 4.53. The van der Waals surface area contributed by atoms with Gasteiger partial charge in [-0.05, 0) is 18.2 Å². The molecule has 29 heavy (non-hydrogen) atoms. The van der Waals surface area contributed by atoms with Crippen LogP contribution in [-0.2, 0) is 4.74 Å². The fourth-order valence-corrected chi connectivity index (χ4v) is 3.87. The van der Waals surface area contributed by atoms with Crippen LogP contribution in [0.3, 0.4) is 0 Å². The molecule has 4 rings (SSSR count). The van der Waals surface area contributed by atoms with Crippen molar-refractivity contribution in [3.8, 4) is 11.3 Å². The Balaban J connectivity index is 1.44. The maximum absolute atomic E-state index is 12.4. The number of nitro groups is 1. The fourth-order valence-electron chi connectivity index (χ4n) is 2.99. The van der Waals surface area contributed by atoms with Gasteiger partial charge in [-0.25, -0.2) is 4.98 Å². The maximum atomic E-state index is 12.4. The minimum Gasteiger partial charge on any atom is -0.378 e. The SMILES string of the molecule is O=C(Nc1ccc(-c2csc(N3CCOCC3)n2)cc1)c1cccc([N+](=O)[O-])c1. The van der Waals surface area contributed by atoms with E-state index in [9.17, 15) is 14.9 Å². The number of carbonyl (C=O) groups is 1. The van der Waals surface area contributed by atoms with Gasteiger partial charge in [0.15, 0.2) is 5.13 Å². The second-order valence-electron chi connectivity index (χ2n) is 6.45. The standard InChI is InChI=1S/C20H18N4O4S/c25-19(15-2-1-3-17(12-15)24(26)27)21-16-6-4-14(5-7-16)18-13-29-20(22-18)23-8-10-28-11-9-23/h1-7,12-13H,8-11H2,(H,21,25). The lowest BCUT2D eigenvalue weighted by atomic mass is 10.1. The molecule has 1 aliphatic rings. The van der Waals surface area contributed by atoms with Gasteiger partial charge < -0.3 is 15.0 Å². The third-order valence-corrected chi connectivity index (χ3v) is 5.43. The van der Waals surface area contributed by atoms with Crippen molar-refractivity contribution in [1.82, 2.24) is 4.98 Å². The van der Waals surface area contributed by atoms with Gasteiger partial charge >= 0.3 is 0 Å². The Hall–Kier alpha value is -3.30. The number of carbonyl (C=O) groups excluding carboxylic acids is 1. The van der Waals surface area contributed by atoms with Gasteiger partial charge in [0.2, 0.25) is 0 Å². The second-order valence-corrected chi connectivity index (χ2v) is 7.29. The Bertz CT molecular complexity index is 1030. The molecule has 0 aliphatic carbocycles. The normalized spacial score (nSPS) is 13.9. The van der Waals surface area contributed by atoms with Gasteiger partial charge in [0.1, 0.15) is 0 Å². The Morgan fingerprint density at radius 1 is 1.17 bits per heavy atom. The van der Waals surface area contributed by atoms with E-state index in [1.807, 2.05) is 17.5 Å². The van der Waals surface area contributed by atoms with E-state index in [0.29, 0.717) is 18.9 Å². The number of nitrogens with one attached hydrogen (secondary N) is 1. The monoisotopic (exact) mass is 410 g/mol. The highest BCUT2D eigenvalue weighted by Gasteiger charge is 2.15. The van der Waals surface area contributed by atoms with Crippen molar-refractivity contribution in [2.75, 3.05) is 36.5 Å². The number of aromatic nitrogens is 1. The number of nitro benzene ring substituents is 1. The molecule has 0 atom stereocenters. The van der Waals surface area contributed by atoms with Crippen molar-refractivity contribution in [3.05, 3.63) is 69.6 Å². The smallest absolute Gasteiger partial charge is 0.270 e. The number of hydrogen-bond acceptors (Lipinski definition) is 7. The number of thiazole rings is 1. The van der Waals surface area contributed by atoms with Crippen LogP contribution in [0.1, 0.15) is 10.4 Å². The summed E-state index contributed by atoms with van der Waals surface area (Å²) in [6, 6.07) is 13.0. The highest BCUT2D eigenvalue weighted by atomic mass is 32.1. The molecule has 3 aromatic rings. The van der Waals surface area contributed by atoms with Crippen LogP contribution in [0.2, 0.25) is 0 Å². The number of rotatable bonds is 5. The van der Waals surface area contributed by atoms with Gasteiger partial charge in [0.05, 0.1) is 23.8 Å². The van der Waals surface area contributed by atoms with Crippen molar-refractivity contribution in [1.29, 1.82) is 0 Å². The van der Waals surface area contributed by atoms with Crippen LogP contribution in [0, 0.1) is 10.1 Å². The summed E-state index contributed by atoms with van der Waals surface area (Å²) in [5, 5.41) is 16.6. The third kappa shape index (κ3) is 4.41. The quantitative estimate of drug-likeness (QED) is 0.507. The van der Waals surface area contributed by atoms with Gasteiger partial charge in [-0.2, -0.15) is 0 Å². The van der Waals surface area contributed by atoms with Crippen LogP contribution in [0.5, 0.6) is 0 Å². The molecule has 0 saturated carbocycles. The highest BCUT2D eigenvalue weighted by molar-refractivity contribution is 7.14. The van der Waals surface area contributed by atoms with Crippen LogP contribution < -0.4 is 10.2 Å². The maximum Gasteiger partial charge on any atom is 0.270 e. The lowest BCUT2D eigenvalue weighted by Crippen LogP contribution is -2.36.